The summed E-state index contributed by atoms with van der Waals surface area (Å²) in [5.41, 5.74) is 0. The van der Waals surface area contributed by atoms with E-state index >= 15 is 0 Å². The molecule has 0 aromatic heterocycles. The average Bonchev–Trinajstić information content (AvgIpc) is 2.26. The monoisotopic (exact) mass is 307 g/mol. The third-order valence-corrected chi connectivity index (χ3v) is 2.72. The molecule has 1 aromatic rings. The largest absolute Gasteiger partial charge is 0.482 e. The molecule has 1 amide bonds. The lowest BCUT2D eigenvalue weighted by atomic mass is 10.3. The Kier molecular flexibility index (Phi) is 5.05. The van der Waals surface area contributed by atoms with E-state index in [1.165, 1.54) is 14.2 Å². The van der Waals surface area contributed by atoms with Crippen LogP contribution in [0.25, 0.3) is 0 Å². The van der Waals surface area contributed by atoms with E-state index in [1.54, 1.807) is 18.2 Å². The lowest BCUT2D eigenvalue weighted by Gasteiger charge is -2.14. The molecule has 6 heteroatoms. The summed E-state index contributed by atoms with van der Waals surface area (Å²) in [5, 5.41) is 1.70. The smallest absolute Gasteiger partial charge is 0.283 e. The summed E-state index contributed by atoms with van der Waals surface area (Å²) in [4.78, 5) is 16.1. The van der Waals surface area contributed by atoms with Crippen molar-refractivity contribution in [2.24, 2.45) is 0 Å². The fourth-order valence-corrected chi connectivity index (χ4v) is 1.72. The number of likely N-dealkylation sites (N-methyl/N-ethyl adjacent to an activating group) is 1. The number of amides is 1. The molecule has 0 aliphatic rings. The number of benzene rings is 1. The number of rotatable bonds is 4. The number of nitrogens with zero attached hydrogens (tertiary/aromatic N) is 1. The first-order valence-corrected chi connectivity index (χ1v) is 5.60. The number of halogens is 2. The summed E-state index contributed by atoms with van der Waals surface area (Å²) < 4.78 is 6.00. The Balaban J connectivity index is 2.58. The molecule has 0 atom stereocenters. The van der Waals surface area contributed by atoms with E-state index in [1.807, 2.05) is 0 Å². The van der Waals surface area contributed by atoms with Crippen molar-refractivity contribution >= 4 is 33.4 Å². The normalized spacial score (nSPS) is 10.0. The maximum absolute atomic E-state index is 11.4. The van der Waals surface area contributed by atoms with E-state index in [9.17, 15) is 4.79 Å². The van der Waals surface area contributed by atoms with Crippen LogP contribution in [0.4, 0.5) is 0 Å². The highest BCUT2D eigenvalue weighted by Crippen LogP contribution is 2.27. The van der Waals surface area contributed by atoms with E-state index in [0.29, 0.717) is 15.2 Å². The Morgan fingerprint density at radius 1 is 1.56 bits per heavy atom. The van der Waals surface area contributed by atoms with Crippen molar-refractivity contribution in [1.29, 1.82) is 0 Å². The maximum Gasteiger partial charge on any atom is 0.283 e. The molecule has 0 N–H and O–H groups in total. The zero-order valence-electron chi connectivity index (χ0n) is 8.87. The van der Waals surface area contributed by atoms with Gasteiger partial charge in [0.25, 0.3) is 5.91 Å². The molecule has 0 heterocycles. The van der Waals surface area contributed by atoms with Crippen molar-refractivity contribution in [1.82, 2.24) is 5.06 Å². The lowest BCUT2D eigenvalue weighted by Crippen LogP contribution is -2.30. The Morgan fingerprint density at radius 3 is 2.81 bits per heavy atom. The van der Waals surface area contributed by atoms with Crippen LogP contribution in [0.1, 0.15) is 0 Å². The van der Waals surface area contributed by atoms with Gasteiger partial charge >= 0.3 is 0 Å². The van der Waals surface area contributed by atoms with Crippen LogP contribution in [0.3, 0.4) is 0 Å². The predicted octanol–water partition coefficient (Wildman–Crippen LogP) is 2.50. The first-order chi connectivity index (χ1) is 7.54. The highest BCUT2D eigenvalue weighted by atomic mass is 79.9. The van der Waals surface area contributed by atoms with Crippen LogP contribution in [0.15, 0.2) is 22.7 Å². The van der Waals surface area contributed by atoms with Gasteiger partial charge < -0.3 is 4.74 Å². The van der Waals surface area contributed by atoms with E-state index in [-0.39, 0.29) is 12.5 Å². The molecule has 88 valence electrons. The van der Waals surface area contributed by atoms with E-state index < -0.39 is 0 Å². The molecule has 16 heavy (non-hydrogen) atoms. The summed E-state index contributed by atoms with van der Waals surface area (Å²) in [7, 11) is 2.93. The second-order valence-corrected chi connectivity index (χ2v) is 4.23. The minimum atomic E-state index is -0.274. The molecule has 0 bridgehead atoms. The van der Waals surface area contributed by atoms with Gasteiger partial charge in [0.15, 0.2) is 6.61 Å². The number of ether oxygens (including phenoxy) is 1. The topological polar surface area (TPSA) is 38.8 Å². The Morgan fingerprint density at radius 2 is 2.25 bits per heavy atom. The number of carbonyl (C=O) groups is 1. The first-order valence-electron chi connectivity index (χ1n) is 4.43. The van der Waals surface area contributed by atoms with Gasteiger partial charge in [-0.15, -0.1) is 0 Å². The fourth-order valence-electron chi connectivity index (χ4n) is 0.924. The highest BCUT2D eigenvalue weighted by Gasteiger charge is 2.10. The molecule has 0 spiro atoms. The summed E-state index contributed by atoms with van der Waals surface area (Å²) in [6.45, 7) is -0.0927. The fraction of sp³-hybridized carbons (Fsp3) is 0.300. The Bertz CT molecular complexity index is 386. The van der Waals surface area contributed by atoms with Gasteiger partial charge in [0, 0.05) is 12.1 Å². The first kappa shape index (κ1) is 13.3. The summed E-state index contributed by atoms with van der Waals surface area (Å²) >= 11 is 9.06. The molecule has 0 fully saturated rings. The van der Waals surface area contributed by atoms with Gasteiger partial charge in [0.2, 0.25) is 0 Å². The van der Waals surface area contributed by atoms with Gasteiger partial charge in [0.05, 0.1) is 11.6 Å². The maximum atomic E-state index is 11.4. The van der Waals surface area contributed by atoms with Gasteiger partial charge in [-0.2, -0.15) is 0 Å². The van der Waals surface area contributed by atoms with Crippen LogP contribution in [0.2, 0.25) is 5.02 Å². The summed E-state index contributed by atoms with van der Waals surface area (Å²) in [6, 6.07) is 5.07. The van der Waals surface area contributed by atoms with Gasteiger partial charge in [-0.25, -0.2) is 5.06 Å². The van der Waals surface area contributed by atoms with Gasteiger partial charge in [-0.3, -0.25) is 9.63 Å². The number of hydrogen-bond acceptors (Lipinski definition) is 3. The van der Waals surface area contributed by atoms with Crippen molar-refractivity contribution < 1.29 is 14.4 Å². The molecule has 4 nitrogen and oxygen atoms in total. The summed E-state index contributed by atoms with van der Waals surface area (Å²) in [6.07, 6.45) is 0. The SMILES string of the molecule is CON(C)C(=O)COc1ccc(Cl)cc1Br. The van der Waals surface area contributed by atoms with Crippen LogP contribution in [0, 0.1) is 0 Å². The van der Waals surface area contributed by atoms with Crippen molar-refractivity contribution in [2.45, 2.75) is 0 Å². The third kappa shape index (κ3) is 3.66. The molecule has 0 aliphatic heterocycles. The minimum absolute atomic E-state index is 0.0927. The van der Waals surface area contributed by atoms with Crippen molar-refractivity contribution in [3.05, 3.63) is 27.7 Å². The molecule has 1 aromatic carbocycles. The second kappa shape index (κ2) is 6.08. The Labute approximate surface area is 107 Å². The Hall–Kier alpha value is -0.780. The van der Waals surface area contributed by atoms with Crippen molar-refractivity contribution in [3.63, 3.8) is 0 Å². The van der Waals surface area contributed by atoms with E-state index in [0.717, 1.165) is 5.06 Å². The van der Waals surface area contributed by atoms with E-state index in [4.69, 9.17) is 21.2 Å². The van der Waals surface area contributed by atoms with E-state index in [2.05, 4.69) is 15.9 Å². The van der Waals surface area contributed by atoms with Gasteiger partial charge in [-0.05, 0) is 34.1 Å². The number of carbonyl (C=O) groups excluding carboxylic acids is 1. The van der Waals surface area contributed by atoms with Crippen LogP contribution in [0.5, 0.6) is 5.75 Å². The zero-order chi connectivity index (χ0) is 12.1. The third-order valence-electron chi connectivity index (χ3n) is 1.87. The standard InChI is InChI=1S/C10H11BrClNO3/c1-13(15-2)10(14)6-16-9-4-3-7(12)5-8(9)11/h3-5H,6H2,1-2H3. The number of hydrogen-bond donors (Lipinski definition) is 0. The van der Waals surface area contributed by atoms with Crippen LogP contribution in [-0.2, 0) is 9.63 Å². The number of hydroxylamine groups is 2. The van der Waals surface area contributed by atoms with Crippen molar-refractivity contribution in [3.8, 4) is 5.75 Å². The van der Waals surface area contributed by atoms with Crippen LogP contribution < -0.4 is 4.74 Å². The van der Waals surface area contributed by atoms with Crippen LogP contribution in [-0.4, -0.2) is 31.7 Å². The molecule has 0 saturated carbocycles. The molecule has 0 aliphatic carbocycles. The van der Waals surface area contributed by atoms with Gasteiger partial charge in [-0.1, -0.05) is 11.6 Å². The van der Waals surface area contributed by atoms with Crippen LogP contribution >= 0.6 is 27.5 Å². The quantitative estimate of drug-likeness (QED) is 0.802. The molecular weight excluding hydrogens is 297 g/mol. The van der Waals surface area contributed by atoms with Gasteiger partial charge in [0.1, 0.15) is 5.75 Å². The highest BCUT2D eigenvalue weighted by molar-refractivity contribution is 9.10. The lowest BCUT2D eigenvalue weighted by molar-refractivity contribution is -0.170. The molecule has 0 saturated heterocycles. The second-order valence-electron chi connectivity index (χ2n) is 2.94. The average molecular weight is 309 g/mol. The molecule has 0 unspecified atom stereocenters. The van der Waals surface area contributed by atoms with Crippen molar-refractivity contribution in [2.75, 3.05) is 20.8 Å². The molecular formula is C10H11BrClNO3. The molecule has 1 rings (SSSR count). The zero-order valence-corrected chi connectivity index (χ0v) is 11.2. The predicted molar refractivity (Wildman–Crippen MR) is 64.4 cm³/mol. The summed E-state index contributed by atoms with van der Waals surface area (Å²) in [5.74, 6) is 0.284. The molecule has 0 radical (unpaired) electrons. The minimum Gasteiger partial charge on any atom is -0.482 e.